The first-order valence-electron chi connectivity index (χ1n) is 8.41. The van der Waals surface area contributed by atoms with Gasteiger partial charge in [0.15, 0.2) is 0 Å². The van der Waals surface area contributed by atoms with E-state index in [2.05, 4.69) is 11.4 Å². The van der Waals surface area contributed by atoms with Crippen LogP contribution in [0.15, 0.2) is 24.3 Å². The lowest BCUT2D eigenvalue weighted by molar-refractivity contribution is 0.0305. The molecule has 0 saturated carbocycles. The molecule has 1 fully saturated rings. The second kappa shape index (κ2) is 8.20. The maximum absolute atomic E-state index is 12.8. The number of hydrogen-bond donors (Lipinski definition) is 1. The number of nitriles is 1. The molecule has 1 aromatic carbocycles. The van der Waals surface area contributed by atoms with Gasteiger partial charge >= 0.3 is 0 Å². The number of para-hydroxylation sites is 1. The molecule has 8 heteroatoms. The lowest BCUT2D eigenvalue weighted by atomic mass is 10.1. The molecule has 0 aliphatic carbocycles. The van der Waals surface area contributed by atoms with Crippen molar-refractivity contribution in [2.24, 2.45) is 0 Å². The van der Waals surface area contributed by atoms with E-state index in [1.54, 1.807) is 36.1 Å². The van der Waals surface area contributed by atoms with Crippen LogP contribution in [-0.4, -0.2) is 50.1 Å². The van der Waals surface area contributed by atoms with Gasteiger partial charge in [-0.15, -0.1) is 11.3 Å². The summed E-state index contributed by atoms with van der Waals surface area (Å²) in [7, 11) is 1.49. The van der Waals surface area contributed by atoms with E-state index in [4.69, 9.17) is 9.47 Å². The van der Waals surface area contributed by atoms with Crippen LogP contribution in [0, 0.1) is 18.3 Å². The zero-order valence-corrected chi connectivity index (χ0v) is 15.9. The van der Waals surface area contributed by atoms with E-state index < -0.39 is 5.91 Å². The number of benzene rings is 1. The zero-order chi connectivity index (χ0) is 19.4. The van der Waals surface area contributed by atoms with Crippen molar-refractivity contribution >= 4 is 28.2 Å². The van der Waals surface area contributed by atoms with Crippen molar-refractivity contribution in [3.63, 3.8) is 0 Å². The molecule has 27 heavy (non-hydrogen) atoms. The fourth-order valence-corrected chi connectivity index (χ4v) is 3.97. The number of methoxy groups -OCH3 is 1. The first-order chi connectivity index (χ1) is 13.1. The predicted octanol–water partition coefficient (Wildman–Crippen LogP) is 2.66. The number of anilines is 1. The Balaban J connectivity index is 1.89. The van der Waals surface area contributed by atoms with E-state index in [9.17, 15) is 14.9 Å². The number of carbonyl (C=O) groups excluding carboxylic acids is 2. The van der Waals surface area contributed by atoms with Gasteiger partial charge < -0.3 is 19.7 Å². The second-order valence-corrected chi connectivity index (χ2v) is 6.95. The molecule has 2 aromatic rings. The van der Waals surface area contributed by atoms with Crippen LogP contribution in [-0.2, 0) is 4.74 Å². The molecule has 0 unspecified atom stereocenters. The number of thiophene rings is 1. The fraction of sp³-hybridized carbons (Fsp3) is 0.316. The molecule has 0 spiro atoms. The van der Waals surface area contributed by atoms with Gasteiger partial charge in [-0.05, 0) is 24.6 Å². The van der Waals surface area contributed by atoms with Crippen LogP contribution in [0.1, 0.15) is 31.2 Å². The normalized spacial score (nSPS) is 13.7. The van der Waals surface area contributed by atoms with Gasteiger partial charge in [0.2, 0.25) is 0 Å². The summed E-state index contributed by atoms with van der Waals surface area (Å²) < 4.78 is 10.5. The maximum Gasteiger partial charge on any atom is 0.264 e. The first-order valence-corrected chi connectivity index (χ1v) is 9.23. The molecule has 140 valence electrons. The van der Waals surface area contributed by atoms with Crippen LogP contribution in [0.5, 0.6) is 5.75 Å². The molecular weight excluding hydrogens is 366 g/mol. The summed E-state index contributed by atoms with van der Waals surface area (Å²) in [6.07, 6.45) is 0. The average molecular weight is 385 g/mol. The monoisotopic (exact) mass is 385 g/mol. The highest BCUT2D eigenvalue weighted by Gasteiger charge is 2.26. The Labute approximate surface area is 161 Å². The summed E-state index contributed by atoms with van der Waals surface area (Å²) in [4.78, 5) is 27.6. The van der Waals surface area contributed by atoms with Crippen LogP contribution in [0.3, 0.4) is 0 Å². The van der Waals surface area contributed by atoms with Crippen molar-refractivity contribution in [2.75, 3.05) is 38.7 Å². The number of rotatable bonds is 4. The average Bonchev–Trinajstić information content (AvgIpc) is 3.02. The quantitative estimate of drug-likeness (QED) is 0.874. The summed E-state index contributed by atoms with van der Waals surface area (Å²) in [5, 5.41) is 12.6. The topological polar surface area (TPSA) is 91.7 Å². The van der Waals surface area contributed by atoms with Crippen LogP contribution >= 0.6 is 11.3 Å². The highest BCUT2D eigenvalue weighted by molar-refractivity contribution is 7.18. The van der Waals surface area contributed by atoms with Crippen LogP contribution in [0.25, 0.3) is 0 Å². The van der Waals surface area contributed by atoms with Crippen LogP contribution in [0.4, 0.5) is 5.00 Å². The van der Waals surface area contributed by atoms with E-state index in [1.165, 1.54) is 7.11 Å². The van der Waals surface area contributed by atoms with Gasteiger partial charge in [-0.1, -0.05) is 12.1 Å². The predicted molar refractivity (Wildman–Crippen MR) is 101 cm³/mol. The van der Waals surface area contributed by atoms with Crippen molar-refractivity contribution in [1.29, 1.82) is 5.26 Å². The molecule has 1 aliphatic heterocycles. The molecule has 1 aliphatic rings. The van der Waals surface area contributed by atoms with Crippen LogP contribution in [0.2, 0.25) is 0 Å². The van der Waals surface area contributed by atoms with Crippen molar-refractivity contribution < 1.29 is 19.1 Å². The minimum atomic E-state index is -0.393. The largest absolute Gasteiger partial charge is 0.496 e. The number of morpholine rings is 1. The standard InChI is InChI=1S/C19H19N3O4S/c1-12-14(11-20)18(21-17(23)13-5-3-4-6-15(13)25-2)27-16(12)19(24)22-7-9-26-10-8-22/h3-6H,7-10H2,1-2H3,(H,21,23). The maximum atomic E-state index is 12.8. The van der Waals surface area contributed by atoms with Crippen molar-refractivity contribution in [1.82, 2.24) is 4.90 Å². The minimum Gasteiger partial charge on any atom is -0.496 e. The van der Waals surface area contributed by atoms with E-state index in [0.717, 1.165) is 11.3 Å². The molecule has 0 atom stereocenters. The summed E-state index contributed by atoms with van der Waals surface area (Å²) in [6, 6.07) is 8.92. The highest BCUT2D eigenvalue weighted by Crippen LogP contribution is 2.34. The Morgan fingerprint density at radius 1 is 1.30 bits per heavy atom. The molecular formula is C19H19N3O4S. The van der Waals surface area contributed by atoms with Gasteiger partial charge in [-0.3, -0.25) is 9.59 Å². The number of hydrogen-bond acceptors (Lipinski definition) is 6. The van der Waals surface area contributed by atoms with E-state index in [-0.39, 0.29) is 5.91 Å². The van der Waals surface area contributed by atoms with E-state index in [0.29, 0.717) is 58.6 Å². The number of ether oxygens (including phenoxy) is 2. The number of nitrogens with zero attached hydrogens (tertiary/aromatic N) is 2. The number of amides is 2. The SMILES string of the molecule is COc1ccccc1C(=O)Nc1sc(C(=O)N2CCOCC2)c(C)c1C#N. The Kier molecular flexibility index (Phi) is 5.74. The third-order valence-electron chi connectivity index (χ3n) is 4.33. The van der Waals surface area contributed by atoms with Gasteiger partial charge in [0.25, 0.3) is 11.8 Å². The van der Waals surface area contributed by atoms with Crippen molar-refractivity contribution in [3.8, 4) is 11.8 Å². The molecule has 2 heterocycles. The summed E-state index contributed by atoms with van der Waals surface area (Å²) in [5.41, 5.74) is 1.24. The van der Waals surface area contributed by atoms with Gasteiger partial charge in [0.05, 0.1) is 36.3 Å². The Bertz CT molecular complexity index is 910. The van der Waals surface area contributed by atoms with Gasteiger partial charge in [-0.2, -0.15) is 5.26 Å². The molecule has 1 aromatic heterocycles. The third-order valence-corrected chi connectivity index (χ3v) is 5.53. The molecule has 0 radical (unpaired) electrons. The molecule has 1 saturated heterocycles. The van der Waals surface area contributed by atoms with Gasteiger partial charge in [0.1, 0.15) is 16.8 Å². The Morgan fingerprint density at radius 2 is 2.00 bits per heavy atom. The van der Waals surface area contributed by atoms with Crippen molar-refractivity contribution in [2.45, 2.75) is 6.92 Å². The number of nitrogens with one attached hydrogen (secondary N) is 1. The lowest BCUT2D eigenvalue weighted by Crippen LogP contribution is -2.40. The minimum absolute atomic E-state index is 0.143. The summed E-state index contributed by atoms with van der Waals surface area (Å²) >= 11 is 1.12. The fourth-order valence-electron chi connectivity index (χ4n) is 2.85. The summed E-state index contributed by atoms with van der Waals surface area (Å²) in [5.74, 6) is -0.0999. The molecule has 7 nitrogen and oxygen atoms in total. The summed E-state index contributed by atoms with van der Waals surface area (Å²) in [6.45, 7) is 3.75. The smallest absolute Gasteiger partial charge is 0.264 e. The molecule has 0 bridgehead atoms. The highest BCUT2D eigenvalue weighted by atomic mass is 32.1. The second-order valence-electron chi connectivity index (χ2n) is 5.93. The molecule has 2 amide bonds. The molecule has 1 N–H and O–H groups in total. The van der Waals surface area contributed by atoms with E-state index in [1.807, 2.05) is 0 Å². The van der Waals surface area contributed by atoms with Gasteiger partial charge in [0, 0.05) is 13.1 Å². The lowest BCUT2D eigenvalue weighted by Gasteiger charge is -2.26. The zero-order valence-electron chi connectivity index (χ0n) is 15.1. The van der Waals surface area contributed by atoms with Gasteiger partial charge in [-0.25, -0.2) is 0 Å². The first kappa shape index (κ1) is 18.9. The van der Waals surface area contributed by atoms with E-state index >= 15 is 0 Å². The number of carbonyl (C=O) groups is 2. The third kappa shape index (κ3) is 3.79. The Morgan fingerprint density at radius 3 is 2.67 bits per heavy atom. The Hall–Kier alpha value is -2.89. The van der Waals surface area contributed by atoms with Crippen molar-refractivity contribution in [3.05, 3.63) is 45.8 Å². The van der Waals surface area contributed by atoms with Crippen LogP contribution < -0.4 is 10.1 Å². The molecule has 3 rings (SSSR count).